The average molecular weight is 407 g/mol. The van der Waals surface area contributed by atoms with Gasteiger partial charge in [-0.25, -0.2) is 9.59 Å². The van der Waals surface area contributed by atoms with Crippen LogP contribution in [0.4, 0.5) is 5.69 Å². The van der Waals surface area contributed by atoms with Crippen molar-refractivity contribution in [3.63, 3.8) is 0 Å². The topological polar surface area (TPSA) is 105 Å². The van der Waals surface area contributed by atoms with Crippen molar-refractivity contribution in [3.05, 3.63) is 94.1 Å². The summed E-state index contributed by atoms with van der Waals surface area (Å²) in [7, 11) is 0. The summed E-state index contributed by atoms with van der Waals surface area (Å²) in [4.78, 5) is 34.2. The fourth-order valence-corrected chi connectivity index (χ4v) is 3.42. The van der Waals surface area contributed by atoms with E-state index in [-0.39, 0.29) is 12.1 Å². The Hall–Kier alpha value is -3.78. The first kappa shape index (κ1) is 19.5. The fourth-order valence-electron chi connectivity index (χ4n) is 3.42. The third kappa shape index (κ3) is 4.13. The van der Waals surface area contributed by atoms with Gasteiger partial charge in [0.15, 0.2) is 0 Å². The normalized spacial score (nSPS) is 25.0. The molecule has 2 aliphatic heterocycles. The van der Waals surface area contributed by atoms with Crippen LogP contribution in [0.25, 0.3) is 6.08 Å². The molecule has 2 aromatic carbocycles. The Balaban J connectivity index is 1.48. The molecule has 30 heavy (non-hydrogen) atoms. The molecule has 0 unspecified atom stereocenters. The molecule has 0 radical (unpaired) electrons. The number of hydrogen-bond acceptors (Lipinski definition) is 7. The Kier molecular flexibility index (Phi) is 5.16. The van der Waals surface area contributed by atoms with E-state index in [1.54, 1.807) is 0 Å². The van der Waals surface area contributed by atoms with E-state index in [1.807, 2.05) is 30.3 Å². The molecule has 0 aromatic heterocycles. The van der Waals surface area contributed by atoms with Gasteiger partial charge in [-0.3, -0.25) is 10.1 Å². The molecule has 4 rings (SSSR count). The number of rotatable bonds is 5. The van der Waals surface area contributed by atoms with Crippen LogP contribution in [0.2, 0.25) is 0 Å². The van der Waals surface area contributed by atoms with Gasteiger partial charge in [0.05, 0.1) is 11.3 Å². The molecule has 1 spiro atoms. The highest BCUT2D eigenvalue weighted by atomic mass is 16.7. The molecule has 152 valence electrons. The van der Waals surface area contributed by atoms with Crippen LogP contribution in [0.3, 0.4) is 0 Å². The van der Waals surface area contributed by atoms with E-state index >= 15 is 0 Å². The molecule has 0 amide bonds. The molecule has 1 saturated heterocycles. The van der Waals surface area contributed by atoms with Gasteiger partial charge in [-0.15, -0.1) is 0 Å². The lowest BCUT2D eigenvalue weighted by Gasteiger charge is -2.21. The molecular formula is C22H17NO7. The summed E-state index contributed by atoms with van der Waals surface area (Å²) in [6.07, 6.45) is 4.48. The summed E-state index contributed by atoms with van der Waals surface area (Å²) < 4.78 is 16.9. The van der Waals surface area contributed by atoms with Gasteiger partial charge in [-0.1, -0.05) is 30.3 Å². The van der Waals surface area contributed by atoms with Gasteiger partial charge in [0.2, 0.25) is 5.79 Å². The van der Waals surface area contributed by atoms with Gasteiger partial charge in [-0.2, -0.15) is 0 Å². The lowest BCUT2D eigenvalue weighted by molar-refractivity contribution is -0.384. The highest BCUT2D eigenvalue weighted by molar-refractivity contribution is 5.87. The summed E-state index contributed by atoms with van der Waals surface area (Å²) in [5.74, 6) is -2.36. The zero-order chi connectivity index (χ0) is 21.1. The maximum atomic E-state index is 12.4. The van der Waals surface area contributed by atoms with Crippen LogP contribution in [0, 0.1) is 10.1 Å². The SMILES string of the molecule is O=C1C=C[C@]2(C[C@H](OC(=O)/C=C/c3ccc([N+](=O)[O-])cc3)[C@@H](c3ccccc3)O2)O1. The first-order valence-corrected chi connectivity index (χ1v) is 9.22. The van der Waals surface area contributed by atoms with Crippen LogP contribution >= 0.6 is 0 Å². The van der Waals surface area contributed by atoms with Crippen molar-refractivity contribution in [3.8, 4) is 0 Å². The van der Waals surface area contributed by atoms with E-state index in [1.165, 1.54) is 48.6 Å². The first-order chi connectivity index (χ1) is 14.4. The standard InChI is InChI=1S/C22H17NO7/c24-19(11-8-15-6-9-17(10-7-15)23(26)27)28-18-14-22(13-12-20(25)29-22)30-21(18)16-4-2-1-3-5-16/h1-13,18,21H,14H2/b11-8+/t18-,21+,22-/m0/s1. The Morgan fingerprint density at radius 1 is 1.17 bits per heavy atom. The number of nitro benzene ring substituents is 1. The Morgan fingerprint density at radius 3 is 2.53 bits per heavy atom. The summed E-state index contributed by atoms with van der Waals surface area (Å²) in [5, 5.41) is 10.7. The van der Waals surface area contributed by atoms with Crippen LogP contribution in [0.15, 0.2) is 72.8 Å². The summed E-state index contributed by atoms with van der Waals surface area (Å²) in [5.41, 5.74) is 1.37. The third-order valence-electron chi connectivity index (χ3n) is 4.81. The van der Waals surface area contributed by atoms with Crippen LogP contribution < -0.4 is 0 Å². The molecule has 3 atom stereocenters. The van der Waals surface area contributed by atoms with E-state index < -0.39 is 34.9 Å². The molecule has 1 fully saturated rings. The number of carbonyl (C=O) groups is 2. The Labute approximate surface area is 171 Å². The largest absolute Gasteiger partial charge is 0.456 e. The van der Waals surface area contributed by atoms with E-state index in [2.05, 4.69) is 0 Å². The van der Waals surface area contributed by atoms with Gasteiger partial charge < -0.3 is 14.2 Å². The maximum Gasteiger partial charge on any atom is 0.333 e. The molecule has 2 heterocycles. The number of nitro groups is 1. The van der Waals surface area contributed by atoms with Crippen LogP contribution in [0.5, 0.6) is 0 Å². The summed E-state index contributed by atoms with van der Waals surface area (Å²) in [6, 6.07) is 15.0. The Morgan fingerprint density at radius 2 is 1.90 bits per heavy atom. The quantitative estimate of drug-likeness (QED) is 0.323. The molecule has 2 aromatic rings. The predicted octanol–water partition coefficient (Wildman–Crippen LogP) is 3.49. The van der Waals surface area contributed by atoms with Crippen LogP contribution in [0.1, 0.15) is 23.7 Å². The highest BCUT2D eigenvalue weighted by Crippen LogP contribution is 2.44. The van der Waals surface area contributed by atoms with Gasteiger partial charge in [0, 0.05) is 24.3 Å². The molecule has 0 aliphatic carbocycles. The van der Waals surface area contributed by atoms with E-state index in [0.29, 0.717) is 5.56 Å². The van der Waals surface area contributed by atoms with E-state index in [0.717, 1.165) is 5.56 Å². The van der Waals surface area contributed by atoms with Gasteiger partial charge in [0.25, 0.3) is 5.69 Å². The van der Waals surface area contributed by atoms with Gasteiger partial charge >= 0.3 is 11.9 Å². The lowest BCUT2D eigenvalue weighted by Crippen LogP contribution is -2.27. The molecule has 2 aliphatic rings. The van der Waals surface area contributed by atoms with Crippen molar-refractivity contribution in [2.24, 2.45) is 0 Å². The molecule has 0 bridgehead atoms. The highest BCUT2D eigenvalue weighted by Gasteiger charge is 2.52. The van der Waals surface area contributed by atoms with Crippen molar-refractivity contribution in [1.82, 2.24) is 0 Å². The minimum Gasteiger partial charge on any atom is -0.456 e. The second-order valence-electron chi connectivity index (χ2n) is 6.88. The maximum absolute atomic E-state index is 12.4. The number of nitrogens with zero attached hydrogens (tertiary/aromatic N) is 1. The van der Waals surface area contributed by atoms with Gasteiger partial charge in [0.1, 0.15) is 12.2 Å². The first-order valence-electron chi connectivity index (χ1n) is 9.22. The number of hydrogen-bond donors (Lipinski definition) is 0. The molecule has 8 heteroatoms. The lowest BCUT2D eigenvalue weighted by atomic mass is 10.0. The van der Waals surface area contributed by atoms with Crippen molar-refractivity contribution < 1.29 is 28.7 Å². The zero-order valence-corrected chi connectivity index (χ0v) is 15.7. The van der Waals surface area contributed by atoms with Crippen molar-refractivity contribution >= 4 is 23.7 Å². The van der Waals surface area contributed by atoms with Crippen molar-refractivity contribution in [1.29, 1.82) is 0 Å². The number of ether oxygens (including phenoxy) is 3. The smallest absolute Gasteiger partial charge is 0.333 e. The monoisotopic (exact) mass is 407 g/mol. The number of esters is 2. The molecule has 0 N–H and O–H groups in total. The Bertz CT molecular complexity index is 1030. The number of carbonyl (C=O) groups excluding carboxylic acids is 2. The average Bonchev–Trinajstić information content (AvgIpc) is 3.29. The fraction of sp³-hybridized carbons (Fsp3) is 0.182. The second kappa shape index (κ2) is 7.92. The minimum absolute atomic E-state index is 0.0343. The molecule has 8 nitrogen and oxygen atoms in total. The number of benzene rings is 2. The van der Waals surface area contributed by atoms with E-state index in [4.69, 9.17) is 14.2 Å². The predicted molar refractivity (Wildman–Crippen MR) is 105 cm³/mol. The summed E-state index contributed by atoms with van der Waals surface area (Å²) >= 11 is 0. The number of non-ortho nitro benzene ring substituents is 1. The molecule has 0 saturated carbocycles. The van der Waals surface area contributed by atoms with E-state index in [9.17, 15) is 19.7 Å². The minimum atomic E-state index is -1.25. The van der Waals surface area contributed by atoms with Crippen molar-refractivity contribution in [2.45, 2.75) is 24.4 Å². The molecular weight excluding hydrogens is 390 g/mol. The van der Waals surface area contributed by atoms with Crippen LogP contribution in [-0.2, 0) is 23.8 Å². The third-order valence-corrected chi connectivity index (χ3v) is 4.81. The summed E-state index contributed by atoms with van der Waals surface area (Å²) in [6.45, 7) is 0. The van der Waals surface area contributed by atoms with Crippen molar-refractivity contribution in [2.75, 3.05) is 0 Å². The van der Waals surface area contributed by atoms with Crippen LogP contribution in [-0.4, -0.2) is 28.8 Å². The van der Waals surface area contributed by atoms with Gasteiger partial charge in [-0.05, 0) is 35.4 Å². The second-order valence-corrected chi connectivity index (χ2v) is 6.88. The zero-order valence-electron chi connectivity index (χ0n) is 15.7.